The number of para-hydroxylation sites is 1. The molecular formula is C15H23FN2. The summed E-state index contributed by atoms with van der Waals surface area (Å²) in [6.07, 6.45) is 1.19. The van der Waals surface area contributed by atoms with E-state index in [4.69, 9.17) is 0 Å². The highest BCUT2D eigenvalue weighted by molar-refractivity contribution is 5.47. The summed E-state index contributed by atoms with van der Waals surface area (Å²) in [5, 5.41) is 3.41. The van der Waals surface area contributed by atoms with Gasteiger partial charge in [-0.05, 0) is 50.4 Å². The molecule has 0 aromatic heterocycles. The van der Waals surface area contributed by atoms with Crippen LogP contribution < -0.4 is 10.2 Å². The van der Waals surface area contributed by atoms with Crippen LogP contribution in [0.1, 0.15) is 20.3 Å². The largest absolute Gasteiger partial charge is 0.369 e. The first-order valence-electron chi connectivity index (χ1n) is 6.92. The summed E-state index contributed by atoms with van der Waals surface area (Å²) in [5.41, 5.74) is 0.741. The van der Waals surface area contributed by atoms with E-state index < -0.39 is 0 Å². The topological polar surface area (TPSA) is 15.3 Å². The van der Waals surface area contributed by atoms with Crippen LogP contribution in [0.25, 0.3) is 0 Å². The average molecular weight is 250 g/mol. The number of benzene rings is 1. The lowest BCUT2D eigenvalue weighted by molar-refractivity contribution is 0.275. The first-order chi connectivity index (χ1) is 8.72. The molecule has 1 N–H and O–H groups in total. The van der Waals surface area contributed by atoms with Crippen molar-refractivity contribution in [1.82, 2.24) is 5.32 Å². The Kier molecular flexibility index (Phi) is 4.59. The molecule has 0 amide bonds. The lowest BCUT2D eigenvalue weighted by Gasteiger charge is -2.35. The third kappa shape index (κ3) is 3.02. The van der Waals surface area contributed by atoms with Gasteiger partial charge in [0, 0.05) is 13.1 Å². The summed E-state index contributed by atoms with van der Waals surface area (Å²) < 4.78 is 13.8. The summed E-state index contributed by atoms with van der Waals surface area (Å²) in [6, 6.07) is 7.08. The molecule has 2 rings (SSSR count). The molecule has 1 heterocycles. The Labute approximate surface area is 109 Å². The van der Waals surface area contributed by atoms with Gasteiger partial charge < -0.3 is 10.2 Å². The van der Waals surface area contributed by atoms with Crippen molar-refractivity contribution in [2.24, 2.45) is 11.8 Å². The van der Waals surface area contributed by atoms with Gasteiger partial charge in [-0.25, -0.2) is 4.39 Å². The van der Waals surface area contributed by atoms with Crippen LogP contribution >= 0.6 is 0 Å². The van der Waals surface area contributed by atoms with Crippen LogP contribution in [0, 0.1) is 17.7 Å². The molecule has 1 fully saturated rings. The van der Waals surface area contributed by atoms with Crippen molar-refractivity contribution < 1.29 is 4.39 Å². The van der Waals surface area contributed by atoms with Gasteiger partial charge in [0.1, 0.15) is 5.82 Å². The molecule has 100 valence electrons. The summed E-state index contributed by atoms with van der Waals surface area (Å²) in [5.74, 6) is 1.21. The zero-order valence-corrected chi connectivity index (χ0v) is 11.3. The van der Waals surface area contributed by atoms with E-state index in [0.717, 1.165) is 31.9 Å². The Morgan fingerprint density at radius 2 is 2.17 bits per heavy atom. The molecule has 1 aliphatic heterocycles. The third-order valence-electron chi connectivity index (χ3n) is 3.99. The highest BCUT2D eigenvalue weighted by atomic mass is 19.1. The maximum Gasteiger partial charge on any atom is 0.146 e. The van der Waals surface area contributed by atoms with E-state index in [2.05, 4.69) is 24.1 Å². The van der Waals surface area contributed by atoms with Crippen molar-refractivity contribution in [3.05, 3.63) is 30.1 Å². The zero-order valence-electron chi connectivity index (χ0n) is 11.3. The molecule has 2 atom stereocenters. The van der Waals surface area contributed by atoms with Crippen LogP contribution in [0.2, 0.25) is 0 Å². The highest BCUT2D eigenvalue weighted by Gasteiger charge is 2.23. The second-order valence-electron chi connectivity index (χ2n) is 5.22. The normalized spacial score (nSPS) is 23.9. The molecule has 2 unspecified atom stereocenters. The van der Waals surface area contributed by atoms with Crippen LogP contribution in [0.5, 0.6) is 0 Å². The lowest BCUT2D eigenvalue weighted by Crippen LogP contribution is -2.41. The summed E-state index contributed by atoms with van der Waals surface area (Å²) in [7, 11) is 0. The van der Waals surface area contributed by atoms with Crippen LogP contribution in [-0.2, 0) is 0 Å². The Hall–Kier alpha value is -1.09. The zero-order chi connectivity index (χ0) is 13.0. The first-order valence-corrected chi connectivity index (χ1v) is 6.92. The van der Waals surface area contributed by atoms with Gasteiger partial charge in [-0.1, -0.05) is 19.1 Å². The molecule has 0 saturated carbocycles. The number of rotatable bonds is 4. The van der Waals surface area contributed by atoms with Gasteiger partial charge in [-0.3, -0.25) is 0 Å². The second kappa shape index (κ2) is 6.19. The summed E-state index contributed by atoms with van der Waals surface area (Å²) in [6.45, 7) is 8.37. The summed E-state index contributed by atoms with van der Waals surface area (Å²) in [4.78, 5) is 2.17. The highest BCUT2D eigenvalue weighted by Crippen LogP contribution is 2.24. The quantitative estimate of drug-likeness (QED) is 0.884. The molecule has 0 radical (unpaired) electrons. The minimum absolute atomic E-state index is 0.110. The van der Waals surface area contributed by atoms with Gasteiger partial charge in [-0.15, -0.1) is 0 Å². The smallest absolute Gasteiger partial charge is 0.146 e. The van der Waals surface area contributed by atoms with E-state index in [1.807, 2.05) is 12.1 Å². The number of hydrogen-bond acceptors (Lipinski definition) is 2. The van der Waals surface area contributed by atoms with E-state index >= 15 is 0 Å². The number of piperidine rings is 1. The fourth-order valence-electron chi connectivity index (χ4n) is 2.73. The Morgan fingerprint density at radius 1 is 1.39 bits per heavy atom. The lowest BCUT2D eigenvalue weighted by atomic mass is 9.87. The molecule has 2 nitrogen and oxygen atoms in total. The number of nitrogens with zero attached hydrogens (tertiary/aromatic N) is 1. The maximum absolute atomic E-state index is 13.8. The molecule has 0 bridgehead atoms. The Bertz CT molecular complexity index is 381. The molecule has 1 saturated heterocycles. The Balaban J connectivity index is 2.07. The Morgan fingerprint density at radius 3 is 2.83 bits per heavy atom. The minimum Gasteiger partial charge on any atom is -0.369 e. The van der Waals surface area contributed by atoms with Crippen molar-refractivity contribution in [2.75, 3.05) is 31.1 Å². The standard InChI is InChI=1S/C15H23FN2/c1-3-18(15-7-5-4-6-14(15)16)11-13-8-9-17-10-12(13)2/h4-7,12-13,17H,3,8-11H2,1-2H3. The molecule has 18 heavy (non-hydrogen) atoms. The van der Waals surface area contributed by atoms with E-state index in [0.29, 0.717) is 11.8 Å². The predicted molar refractivity (Wildman–Crippen MR) is 74.4 cm³/mol. The molecule has 1 aromatic carbocycles. The van der Waals surface area contributed by atoms with Crippen LogP contribution in [0.4, 0.5) is 10.1 Å². The molecule has 0 aliphatic carbocycles. The third-order valence-corrected chi connectivity index (χ3v) is 3.99. The van der Waals surface area contributed by atoms with Crippen molar-refractivity contribution in [3.8, 4) is 0 Å². The first kappa shape index (κ1) is 13.3. The van der Waals surface area contributed by atoms with Gasteiger partial charge >= 0.3 is 0 Å². The fraction of sp³-hybridized carbons (Fsp3) is 0.600. The monoisotopic (exact) mass is 250 g/mol. The van der Waals surface area contributed by atoms with Crippen LogP contribution in [0.3, 0.4) is 0 Å². The molecular weight excluding hydrogens is 227 g/mol. The van der Waals surface area contributed by atoms with E-state index in [1.54, 1.807) is 12.1 Å². The van der Waals surface area contributed by atoms with Crippen LogP contribution in [0.15, 0.2) is 24.3 Å². The van der Waals surface area contributed by atoms with Gasteiger partial charge in [0.05, 0.1) is 5.69 Å². The number of hydrogen-bond donors (Lipinski definition) is 1. The molecule has 0 spiro atoms. The van der Waals surface area contributed by atoms with E-state index in [9.17, 15) is 4.39 Å². The van der Waals surface area contributed by atoms with Gasteiger partial charge in [-0.2, -0.15) is 0 Å². The average Bonchev–Trinajstić information content (AvgIpc) is 2.39. The predicted octanol–water partition coefficient (Wildman–Crippen LogP) is 2.90. The number of nitrogens with one attached hydrogen (secondary N) is 1. The second-order valence-corrected chi connectivity index (χ2v) is 5.22. The van der Waals surface area contributed by atoms with Crippen molar-refractivity contribution in [2.45, 2.75) is 20.3 Å². The molecule has 3 heteroatoms. The van der Waals surface area contributed by atoms with Crippen molar-refractivity contribution >= 4 is 5.69 Å². The van der Waals surface area contributed by atoms with Gasteiger partial charge in [0.2, 0.25) is 0 Å². The number of halogens is 1. The SMILES string of the molecule is CCN(CC1CCNCC1C)c1ccccc1F. The maximum atomic E-state index is 13.8. The van der Waals surface area contributed by atoms with Crippen molar-refractivity contribution in [1.29, 1.82) is 0 Å². The van der Waals surface area contributed by atoms with Gasteiger partial charge in [0.15, 0.2) is 0 Å². The summed E-state index contributed by atoms with van der Waals surface area (Å²) >= 11 is 0. The number of anilines is 1. The molecule has 1 aromatic rings. The minimum atomic E-state index is -0.110. The van der Waals surface area contributed by atoms with E-state index in [1.165, 1.54) is 6.42 Å². The van der Waals surface area contributed by atoms with Crippen molar-refractivity contribution in [3.63, 3.8) is 0 Å². The molecule has 1 aliphatic rings. The van der Waals surface area contributed by atoms with E-state index in [-0.39, 0.29) is 5.82 Å². The van der Waals surface area contributed by atoms with Gasteiger partial charge in [0.25, 0.3) is 0 Å². The van der Waals surface area contributed by atoms with Crippen LogP contribution in [-0.4, -0.2) is 26.2 Å². The fourth-order valence-corrected chi connectivity index (χ4v) is 2.73.